The number of esters is 3. The molecule has 80 heavy (non-hydrogen) atoms. The zero-order chi connectivity index (χ0) is 57.8. The predicted molar refractivity (Wildman–Crippen MR) is 348 cm³/mol. The second-order valence-electron chi connectivity index (χ2n) is 23.8. The molecule has 0 aromatic heterocycles. The van der Waals surface area contributed by atoms with E-state index in [1.165, 1.54) is 244 Å². The van der Waals surface area contributed by atoms with Crippen LogP contribution in [0.2, 0.25) is 0 Å². The van der Waals surface area contributed by atoms with Crippen LogP contribution in [-0.2, 0) is 28.6 Å². The fraction of sp³-hybridized carbons (Fsp3) is 0.824. The van der Waals surface area contributed by atoms with E-state index in [1.807, 2.05) is 0 Å². The third-order valence-electron chi connectivity index (χ3n) is 15.8. The third kappa shape index (κ3) is 65.9. The van der Waals surface area contributed by atoms with Crippen LogP contribution in [0.25, 0.3) is 0 Å². The summed E-state index contributed by atoms with van der Waals surface area (Å²) < 4.78 is 16.9. The zero-order valence-corrected chi connectivity index (χ0v) is 53.6. The fourth-order valence-corrected chi connectivity index (χ4v) is 10.5. The highest BCUT2D eigenvalue weighted by Gasteiger charge is 2.19. The molecule has 0 aliphatic rings. The van der Waals surface area contributed by atoms with Crippen molar-refractivity contribution in [3.8, 4) is 0 Å². The van der Waals surface area contributed by atoms with E-state index in [1.54, 1.807) is 0 Å². The first-order chi connectivity index (χ1) is 39.5. The highest BCUT2D eigenvalue weighted by molar-refractivity contribution is 5.71. The molecular formula is C74H134O6. The molecule has 0 aromatic rings. The maximum atomic E-state index is 12.9. The Morgan fingerprint density at radius 3 is 0.762 bits per heavy atom. The lowest BCUT2D eigenvalue weighted by atomic mass is 10.0. The molecule has 0 bridgehead atoms. The monoisotopic (exact) mass is 1120 g/mol. The van der Waals surface area contributed by atoms with Crippen LogP contribution < -0.4 is 0 Å². The van der Waals surface area contributed by atoms with Crippen LogP contribution in [0.1, 0.15) is 374 Å². The lowest BCUT2D eigenvalue weighted by Crippen LogP contribution is -2.30. The fourth-order valence-electron chi connectivity index (χ4n) is 10.5. The Hall–Kier alpha value is -2.89. The van der Waals surface area contributed by atoms with Gasteiger partial charge < -0.3 is 14.2 Å². The summed E-state index contributed by atoms with van der Waals surface area (Å²) in [6, 6.07) is 0. The topological polar surface area (TPSA) is 78.9 Å². The minimum Gasteiger partial charge on any atom is -0.462 e. The van der Waals surface area contributed by atoms with Gasteiger partial charge in [0.25, 0.3) is 0 Å². The molecule has 0 N–H and O–H groups in total. The summed E-state index contributed by atoms with van der Waals surface area (Å²) in [6.45, 7) is 6.55. The summed E-state index contributed by atoms with van der Waals surface area (Å²) in [5.41, 5.74) is 0. The molecule has 466 valence electrons. The number of carbonyl (C=O) groups is 3. The van der Waals surface area contributed by atoms with Gasteiger partial charge in [0, 0.05) is 19.3 Å². The Labute approximate surface area is 498 Å². The van der Waals surface area contributed by atoms with Crippen molar-refractivity contribution in [1.82, 2.24) is 0 Å². The van der Waals surface area contributed by atoms with E-state index in [2.05, 4.69) is 81.5 Å². The molecule has 0 rings (SSSR count). The lowest BCUT2D eigenvalue weighted by molar-refractivity contribution is -0.167. The molecule has 0 heterocycles. The molecule has 0 spiro atoms. The molecule has 0 saturated heterocycles. The quantitative estimate of drug-likeness (QED) is 0.0261. The third-order valence-corrected chi connectivity index (χ3v) is 15.8. The summed E-state index contributed by atoms with van der Waals surface area (Å²) in [5.74, 6) is -0.849. The van der Waals surface area contributed by atoms with Gasteiger partial charge in [-0.3, -0.25) is 14.4 Å². The van der Waals surface area contributed by atoms with Gasteiger partial charge in [0.05, 0.1) is 0 Å². The Bertz CT molecular complexity index is 1430. The number of carbonyl (C=O) groups excluding carboxylic acids is 3. The van der Waals surface area contributed by atoms with Gasteiger partial charge in [0.15, 0.2) is 6.10 Å². The van der Waals surface area contributed by atoms with E-state index in [4.69, 9.17) is 14.2 Å². The van der Waals surface area contributed by atoms with E-state index < -0.39 is 6.10 Å². The Kier molecular flexibility index (Phi) is 66.1. The van der Waals surface area contributed by atoms with Crippen molar-refractivity contribution in [2.45, 2.75) is 380 Å². The summed E-state index contributed by atoms with van der Waals surface area (Å²) in [6.07, 6.45) is 88.6. The van der Waals surface area contributed by atoms with Gasteiger partial charge in [-0.25, -0.2) is 0 Å². The van der Waals surface area contributed by atoms with Crippen molar-refractivity contribution in [2.75, 3.05) is 13.2 Å². The van der Waals surface area contributed by atoms with Gasteiger partial charge in [-0.05, 0) is 64.2 Å². The van der Waals surface area contributed by atoms with Crippen LogP contribution in [0.5, 0.6) is 0 Å². The molecule has 0 amide bonds. The second kappa shape index (κ2) is 68.6. The van der Waals surface area contributed by atoms with Crippen LogP contribution in [0, 0.1) is 0 Å². The summed E-state index contributed by atoms with van der Waals surface area (Å²) in [5, 5.41) is 0. The van der Waals surface area contributed by atoms with Crippen molar-refractivity contribution < 1.29 is 28.6 Å². The highest BCUT2D eigenvalue weighted by Crippen LogP contribution is 2.18. The molecular weight excluding hydrogens is 985 g/mol. The number of hydrogen-bond acceptors (Lipinski definition) is 6. The van der Waals surface area contributed by atoms with Gasteiger partial charge in [-0.15, -0.1) is 0 Å². The Morgan fingerprint density at radius 1 is 0.263 bits per heavy atom. The molecule has 0 aromatic carbocycles. The number of hydrogen-bond donors (Lipinski definition) is 0. The van der Waals surface area contributed by atoms with Gasteiger partial charge >= 0.3 is 17.9 Å². The Morgan fingerprint density at radius 2 is 0.487 bits per heavy atom. The zero-order valence-electron chi connectivity index (χ0n) is 53.6. The van der Waals surface area contributed by atoms with Gasteiger partial charge in [-0.1, -0.05) is 351 Å². The lowest BCUT2D eigenvalue weighted by Gasteiger charge is -2.18. The first-order valence-corrected chi connectivity index (χ1v) is 35.3. The predicted octanol–water partition coefficient (Wildman–Crippen LogP) is 24.3. The van der Waals surface area contributed by atoms with Crippen molar-refractivity contribution in [3.63, 3.8) is 0 Å². The molecule has 1 atom stereocenters. The van der Waals surface area contributed by atoms with Crippen molar-refractivity contribution in [3.05, 3.63) is 60.8 Å². The molecule has 0 aliphatic heterocycles. The standard InChI is InChI=1S/C74H134O6/c1-4-7-10-13-16-18-20-22-24-26-28-30-32-33-34-35-36-37-38-39-40-41-42-44-45-47-49-51-53-55-58-61-64-67-73(76)79-70-71(69-78-72(75)66-63-60-57-15-12-9-6-3)80-74(77)68-65-62-59-56-54-52-50-48-46-43-31-29-27-25-23-21-19-17-14-11-8-5-2/h7,10,16,18,22,24,28,30,33-34,71H,4-6,8-9,11-15,17,19-21,23,25-27,29,31-32,35-70H2,1-3H3/b10-7-,18-16-,24-22-,30-28-,34-33-. The molecule has 6 nitrogen and oxygen atoms in total. The molecule has 6 heteroatoms. The van der Waals surface area contributed by atoms with E-state index in [0.717, 1.165) is 89.9 Å². The van der Waals surface area contributed by atoms with Crippen LogP contribution in [0.4, 0.5) is 0 Å². The van der Waals surface area contributed by atoms with Crippen LogP contribution in [-0.4, -0.2) is 37.2 Å². The van der Waals surface area contributed by atoms with E-state index >= 15 is 0 Å². The largest absolute Gasteiger partial charge is 0.462 e. The molecule has 1 unspecified atom stereocenters. The van der Waals surface area contributed by atoms with E-state index in [-0.39, 0.29) is 31.1 Å². The first-order valence-electron chi connectivity index (χ1n) is 35.3. The summed E-state index contributed by atoms with van der Waals surface area (Å²) >= 11 is 0. The number of allylic oxidation sites excluding steroid dienone is 10. The average Bonchev–Trinajstić information content (AvgIpc) is 3.46. The first kappa shape index (κ1) is 77.1. The maximum absolute atomic E-state index is 12.9. The van der Waals surface area contributed by atoms with Gasteiger partial charge in [0.2, 0.25) is 0 Å². The molecule has 0 radical (unpaired) electrons. The second-order valence-corrected chi connectivity index (χ2v) is 23.8. The van der Waals surface area contributed by atoms with E-state index in [9.17, 15) is 14.4 Å². The normalized spacial score (nSPS) is 12.4. The van der Waals surface area contributed by atoms with Crippen molar-refractivity contribution in [1.29, 1.82) is 0 Å². The van der Waals surface area contributed by atoms with Crippen molar-refractivity contribution in [2.24, 2.45) is 0 Å². The van der Waals surface area contributed by atoms with Crippen LogP contribution in [0.15, 0.2) is 60.8 Å². The highest BCUT2D eigenvalue weighted by atomic mass is 16.6. The summed E-state index contributed by atoms with van der Waals surface area (Å²) in [4.78, 5) is 38.2. The minimum absolute atomic E-state index is 0.0674. The minimum atomic E-state index is -0.767. The van der Waals surface area contributed by atoms with Gasteiger partial charge in [-0.2, -0.15) is 0 Å². The van der Waals surface area contributed by atoms with Crippen LogP contribution >= 0.6 is 0 Å². The number of ether oxygens (including phenoxy) is 3. The smallest absolute Gasteiger partial charge is 0.306 e. The number of unbranched alkanes of at least 4 members (excludes halogenated alkanes) is 44. The maximum Gasteiger partial charge on any atom is 0.306 e. The molecule has 0 saturated carbocycles. The molecule has 0 aliphatic carbocycles. The Balaban J connectivity index is 4.00. The van der Waals surface area contributed by atoms with E-state index in [0.29, 0.717) is 19.3 Å². The van der Waals surface area contributed by atoms with Crippen molar-refractivity contribution >= 4 is 17.9 Å². The van der Waals surface area contributed by atoms with Gasteiger partial charge in [0.1, 0.15) is 13.2 Å². The van der Waals surface area contributed by atoms with Crippen LogP contribution in [0.3, 0.4) is 0 Å². The summed E-state index contributed by atoms with van der Waals surface area (Å²) in [7, 11) is 0. The SMILES string of the molecule is CC/C=C\C/C=C\C/C=C\C/C=C\C/C=C\CCCCCCCCCCCCCCCCCCCC(=O)OCC(COC(=O)CCCCCCCCC)OC(=O)CCCCCCCCCCCCCCCCCCCCCCCC. The molecule has 0 fully saturated rings. The average molecular weight is 1120 g/mol. The number of rotatable bonds is 65.